The molecule has 0 bridgehead atoms. The van der Waals surface area contributed by atoms with Crippen molar-refractivity contribution in [2.75, 3.05) is 0 Å². The minimum Gasteiger partial charge on any atom is -0.413 e. The van der Waals surface area contributed by atoms with E-state index in [1.165, 1.54) is 0 Å². The predicted molar refractivity (Wildman–Crippen MR) is 70.8 cm³/mol. The van der Waals surface area contributed by atoms with Crippen molar-refractivity contribution in [2.45, 2.75) is 13.8 Å². The molecule has 0 aliphatic heterocycles. The van der Waals surface area contributed by atoms with Gasteiger partial charge in [0.25, 0.3) is 5.89 Å². The number of rotatable bonds is 3. The number of H-pyrrole nitrogens is 1. The number of aromatic nitrogens is 3. The number of nitrogens with zero attached hydrogens (tertiary/aromatic N) is 2. The van der Waals surface area contributed by atoms with E-state index in [0.29, 0.717) is 5.89 Å². The number of ketones is 1. The summed E-state index contributed by atoms with van der Waals surface area (Å²) < 4.78 is 5.47. The molecule has 0 fully saturated rings. The monoisotopic (exact) mass is 255 g/mol. The standard InChI is InChI=1S/C14H13N3O2/c1-8(2)12(18)14-17-16-13(19-14)10-7-15-11-6-4-3-5-9(10)11/h3-8,15H,1-2H3. The molecule has 2 aromatic heterocycles. The molecule has 5 heteroatoms. The highest BCUT2D eigenvalue weighted by atomic mass is 16.4. The van der Waals surface area contributed by atoms with Gasteiger partial charge in [0.05, 0.1) is 5.56 Å². The van der Waals surface area contributed by atoms with Gasteiger partial charge in [-0.25, -0.2) is 0 Å². The summed E-state index contributed by atoms with van der Waals surface area (Å²) in [5.41, 5.74) is 1.80. The molecule has 0 aliphatic rings. The number of Topliss-reactive ketones (excluding diaryl/α,β-unsaturated/α-hetero) is 1. The molecule has 19 heavy (non-hydrogen) atoms. The van der Waals surface area contributed by atoms with Crippen LogP contribution in [-0.2, 0) is 0 Å². The van der Waals surface area contributed by atoms with Crippen LogP contribution in [0.4, 0.5) is 0 Å². The molecule has 0 aliphatic carbocycles. The van der Waals surface area contributed by atoms with Gasteiger partial charge in [0.2, 0.25) is 11.7 Å². The maximum atomic E-state index is 11.8. The minimum absolute atomic E-state index is 0.0651. The van der Waals surface area contributed by atoms with Crippen LogP contribution < -0.4 is 0 Å². The maximum absolute atomic E-state index is 11.8. The van der Waals surface area contributed by atoms with Crippen LogP contribution in [0, 0.1) is 5.92 Å². The van der Waals surface area contributed by atoms with Gasteiger partial charge in [-0.3, -0.25) is 4.79 Å². The first kappa shape index (κ1) is 11.6. The summed E-state index contributed by atoms with van der Waals surface area (Å²) in [6.45, 7) is 3.61. The molecule has 0 unspecified atom stereocenters. The van der Waals surface area contributed by atoms with E-state index in [-0.39, 0.29) is 17.6 Å². The van der Waals surface area contributed by atoms with Gasteiger partial charge in [0.1, 0.15) is 0 Å². The first-order chi connectivity index (χ1) is 9.16. The molecule has 96 valence electrons. The van der Waals surface area contributed by atoms with E-state index >= 15 is 0 Å². The maximum Gasteiger partial charge on any atom is 0.284 e. The van der Waals surface area contributed by atoms with Crippen molar-refractivity contribution in [3.8, 4) is 11.5 Å². The van der Waals surface area contributed by atoms with Crippen molar-refractivity contribution >= 4 is 16.7 Å². The molecule has 1 aromatic carbocycles. The number of nitrogens with one attached hydrogen (secondary N) is 1. The smallest absolute Gasteiger partial charge is 0.284 e. The van der Waals surface area contributed by atoms with Crippen molar-refractivity contribution in [3.63, 3.8) is 0 Å². The van der Waals surface area contributed by atoms with E-state index in [1.54, 1.807) is 13.8 Å². The van der Waals surface area contributed by atoms with Crippen LogP contribution >= 0.6 is 0 Å². The number of carbonyl (C=O) groups excluding carboxylic acids is 1. The zero-order chi connectivity index (χ0) is 13.4. The molecule has 1 N–H and O–H groups in total. The largest absolute Gasteiger partial charge is 0.413 e. The molecular weight excluding hydrogens is 242 g/mol. The summed E-state index contributed by atoms with van der Waals surface area (Å²) in [6, 6.07) is 7.82. The molecular formula is C14H13N3O2. The summed E-state index contributed by atoms with van der Waals surface area (Å²) in [4.78, 5) is 14.9. The number of fused-ring (bicyclic) bond motifs is 1. The van der Waals surface area contributed by atoms with E-state index in [0.717, 1.165) is 16.5 Å². The second-order valence-electron chi connectivity index (χ2n) is 4.68. The van der Waals surface area contributed by atoms with Crippen LogP contribution in [0.1, 0.15) is 24.5 Å². The van der Waals surface area contributed by atoms with Gasteiger partial charge >= 0.3 is 0 Å². The van der Waals surface area contributed by atoms with Gasteiger partial charge in [-0.15, -0.1) is 10.2 Å². The van der Waals surface area contributed by atoms with Crippen LogP contribution in [0.2, 0.25) is 0 Å². The third-order valence-electron chi connectivity index (χ3n) is 2.98. The molecule has 0 amide bonds. The lowest BCUT2D eigenvalue weighted by Gasteiger charge is -1.96. The van der Waals surface area contributed by atoms with Gasteiger partial charge in [0, 0.05) is 23.0 Å². The van der Waals surface area contributed by atoms with Gasteiger partial charge in [0.15, 0.2) is 0 Å². The topological polar surface area (TPSA) is 71.8 Å². The number of carbonyl (C=O) groups is 1. The SMILES string of the molecule is CC(C)C(=O)c1nnc(-c2c[nH]c3ccccc23)o1. The molecule has 0 atom stereocenters. The molecule has 3 rings (SSSR count). The van der Waals surface area contributed by atoms with E-state index in [1.807, 2.05) is 30.5 Å². The van der Waals surface area contributed by atoms with Crippen molar-refractivity contribution in [2.24, 2.45) is 5.92 Å². The summed E-state index contributed by atoms with van der Waals surface area (Å²) in [7, 11) is 0. The average molecular weight is 255 g/mol. The fourth-order valence-electron chi connectivity index (χ4n) is 1.93. The van der Waals surface area contributed by atoms with Crippen LogP contribution in [0.15, 0.2) is 34.9 Å². The van der Waals surface area contributed by atoms with Crippen molar-refractivity contribution in [1.29, 1.82) is 0 Å². The number of benzene rings is 1. The Morgan fingerprint density at radius 3 is 2.84 bits per heavy atom. The second kappa shape index (κ2) is 4.35. The molecule has 3 aromatic rings. The summed E-state index contributed by atoms with van der Waals surface area (Å²) >= 11 is 0. The Morgan fingerprint density at radius 2 is 2.05 bits per heavy atom. The Hall–Kier alpha value is -2.43. The van der Waals surface area contributed by atoms with Crippen molar-refractivity contribution in [3.05, 3.63) is 36.4 Å². The molecule has 0 saturated heterocycles. The lowest BCUT2D eigenvalue weighted by Crippen LogP contribution is -2.07. The Balaban J connectivity index is 2.06. The minimum atomic E-state index is -0.156. The zero-order valence-electron chi connectivity index (χ0n) is 10.7. The fraction of sp³-hybridized carbons (Fsp3) is 0.214. The highest BCUT2D eigenvalue weighted by molar-refractivity contribution is 5.95. The van der Waals surface area contributed by atoms with Crippen molar-refractivity contribution < 1.29 is 9.21 Å². The quantitative estimate of drug-likeness (QED) is 0.730. The summed E-state index contributed by atoms with van der Waals surface area (Å²) in [6.07, 6.45) is 1.81. The first-order valence-corrected chi connectivity index (χ1v) is 6.11. The Kier molecular flexibility index (Phi) is 2.67. The zero-order valence-corrected chi connectivity index (χ0v) is 10.7. The predicted octanol–water partition coefficient (Wildman–Crippen LogP) is 3.06. The summed E-state index contributed by atoms with van der Waals surface area (Å²) in [5.74, 6) is 0.131. The molecule has 2 heterocycles. The third kappa shape index (κ3) is 1.93. The van der Waals surface area contributed by atoms with Crippen LogP contribution in [0.3, 0.4) is 0 Å². The summed E-state index contributed by atoms with van der Waals surface area (Å²) in [5, 5.41) is 8.77. The lowest BCUT2D eigenvalue weighted by atomic mass is 10.1. The van der Waals surface area contributed by atoms with E-state index < -0.39 is 0 Å². The van der Waals surface area contributed by atoms with Gasteiger partial charge in [-0.2, -0.15) is 0 Å². The molecule has 0 saturated carbocycles. The van der Waals surface area contributed by atoms with E-state index in [2.05, 4.69) is 15.2 Å². The Labute approximate surface area is 109 Å². The molecule has 5 nitrogen and oxygen atoms in total. The Bertz CT molecular complexity index is 740. The number of para-hydroxylation sites is 1. The van der Waals surface area contributed by atoms with Gasteiger partial charge in [-0.1, -0.05) is 32.0 Å². The van der Waals surface area contributed by atoms with Crippen LogP contribution in [-0.4, -0.2) is 21.0 Å². The number of hydrogen-bond donors (Lipinski definition) is 1. The molecule has 0 spiro atoms. The van der Waals surface area contributed by atoms with Gasteiger partial charge in [-0.05, 0) is 6.07 Å². The second-order valence-corrected chi connectivity index (χ2v) is 4.68. The average Bonchev–Trinajstić information content (AvgIpc) is 3.03. The van der Waals surface area contributed by atoms with Crippen molar-refractivity contribution in [1.82, 2.24) is 15.2 Å². The van der Waals surface area contributed by atoms with Crippen LogP contribution in [0.5, 0.6) is 0 Å². The Morgan fingerprint density at radius 1 is 1.26 bits per heavy atom. The van der Waals surface area contributed by atoms with E-state index in [4.69, 9.17) is 4.42 Å². The highest BCUT2D eigenvalue weighted by Crippen LogP contribution is 2.27. The van der Waals surface area contributed by atoms with Gasteiger partial charge < -0.3 is 9.40 Å². The number of hydrogen-bond acceptors (Lipinski definition) is 4. The van der Waals surface area contributed by atoms with E-state index in [9.17, 15) is 4.79 Å². The highest BCUT2D eigenvalue weighted by Gasteiger charge is 2.19. The first-order valence-electron chi connectivity index (χ1n) is 6.11. The normalized spacial score (nSPS) is 11.3. The number of aromatic amines is 1. The fourth-order valence-corrected chi connectivity index (χ4v) is 1.93. The lowest BCUT2D eigenvalue weighted by molar-refractivity contribution is 0.0905. The molecule has 0 radical (unpaired) electrons. The van der Waals surface area contributed by atoms with Crippen LogP contribution in [0.25, 0.3) is 22.4 Å². The third-order valence-corrected chi connectivity index (χ3v) is 2.98.